The van der Waals surface area contributed by atoms with Crippen molar-refractivity contribution in [3.05, 3.63) is 47.9 Å². The van der Waals surface area contributed by atoms with Crippen LogP contribution in [0.3, 0.4) is 0 Å². The lowest BCUT2D eigenvalue weighted by atomic mass is 10.2. The SMILES string of the molecule is N#Cc1nccc(Nc2cccc(C(F)(F)F)c2)n1. The zero-order chi connectivity index (χ0) is 13.9. The predicted octanol–water partition coefficient (Wildman–Crippen LogP) is 3.11. The number of hydrogen-bond donors (Lipinski definition) is 1. The summed E-state index contributed by atoms with van der Waals surface area (Å²) < 4.78 is 37.6. The second-order valence-corrected chi connectivity index (χ2v) is 3.58. The molecule has 7 heteroatoms. The van der Waals surface area contributed by atoms with E-state index >= 15 is 0 Å². The van der Waals surface area contributed by atoms with E-state index in [1.807, 2.05) is 0 Å². The van der Waals surface area contributed by atoms with Crippen molar-refractivity contribution in [2.45, 2.75) is 6.18 Å². The highest BCUT2D eigenvalue weighted by Crippen LogP contribution is 2.31. The van der Waals surface area contributed by atoms with Gasteiger partial charge in [0.25, 0.3) is 0 Å². The number of hydrogen-bond acceptors (Lipinski definition) is 4. The van der Waals surface area contributed by atoms with Gasteiger partial charge in [0.15, 0.2) is 0 Å². The molecule has 1 aromatic heterocycles. The number of anilines is 2. The Bertz CT molecular complexity index is 631. The molecule has 2 aromatic rings. The molecule has 96 valence electrons. The Kier molecular flexibility index (Phi) is 3.33. The second-order valence-electron chi connectivity index (χ2n) is 3.58. The van der Waals surface area contributed by atoms with Crippen LogP contribution in [0.2, 0.25) is 0 Å². The standard InChI is InChI=1S/C12H7F3N4/c13-12(14,15)8-2-1-3-9(6-8)18-10-4-5-17-11(7-16)19-10/h1-6H,(H,17,18,19). The fraction of sp³-hybridized carbons (Fsp3) is 0.0833. The summed E-state index contributed by atoms with van der Waals surface area (Å²) in [6, 6.07) is 7.92. The van der Waals surface area contributed by atoms with Crippen LogP contribution in [-0.2, 0) is 6.18 Å². The zero-order valence-corrected chi connectivity index (χ0v) is 9.44. The van der Waals surface area contributed by atoms with Crippen molar-refractivity contribution >= 4 is 11.5 Å². The van der Waals surface area contributed by atoms with Crippen molar-refractivity contribution < 1.29 is 13.2 Å². The maximum Gasteiger partial charge on any atom is 0.416 e. The molecule has 0 aliphatic rings. The first-order valence-corrected chi connectivity index (χ1v) is 5.16. The Morgan fingerprint density at radius 1 is 1.21 bits per heavy atom. The minimum absolute atomic E-state index is 0.0584. The summed E-state index contributed by atoms with van der Waals surface area (Å²) in [6.45, 7) is 0. The van der Waals surface area contributed by atoms with Crippen LogP contribution in [0.25, 0.3) is 0 Å². The number of rotatable bonds is 2. The average molecular weight is 264 g/mol. The van der Waals surface area contributed by atoms with Gasteiger partial charge >= 0.3 is 6.18 Å². The molecule has 1 aromatic carbocycles. The molecule has 19 heavy (non-hydrogen) atoms. The molecule has 1 heterocycles. The van der Waals surface area contributed by atoms with E-state index in [2.05, 4.69) is 15.3 Å². The third-order valence-electron chi connectivity index (χ3n) is 2.22. The van der Waals surface area contributed by atoms with Crippen LogP contribution < -0.4 is 5.32 Å². The normalized spacial score (nSPS) is 10.8. The fourth-order valence-electron chi connectivity index (χ4n) is 1.40. The van der Waals surface area contributed by atoms with Gasteiger partial charge in [-0.1, -0.05) is 6.07 Å². The summed E-state index contributed by atoms with van der Waals surface area (Å²) >= 11 is 0. The first-order valence-electron chi connectivity index (χ1n) is 5.16. The molecule has 0 aliphatic carbocycles. The van der Waals surface area contributed by atoms with Crippen LogP contribution in [0.4, 0.5) is 24.7 Å². The van der Waals surface area contributed by atoms with Crippen LogP contribution in [0.5, 0.6) is 0 Å². The molecule has 0 unspecified atom stereocenters. The maximum atomic E-state index is 12.5. The zero-order valence-electron chi connectivity index (χ0n) is 9.44. The highest BCUT2D eigenvalue weighted by Gasteiger charge is 2.30. The summed E-state index contributed by atoms with van der Waals surface area (Å²) in [5.41, 5.74) is -0.524. The van der Waals surface area contributed by atoms with Gasteiger partial charge in [-0.2, -0.15) is 18.4 Å². The van der Waals surface area contributed by atoms with E-state index in [0.717, 1.165) is 12.1 Å². The van der Waals surface area contributed by atoms with Crippen molar-refractivity contribution in [3.8, 4) is 6.07 Å². The Labute approximate surface area is 106 Å². The molecule has 0 amide bonds. The summed E-state index contributed by atoms with van der Waals surface area (Å²) in [5, 5.41) is 11.3. The van der Waals surface area contributed by atoms with Crippen molar-refractivity contribution in [1.82, 2.24) is 9.97 Å². The molecule has 1 N–H and O–H groups in total. The first-order chi connectivity index (χ1) is 8.99. The number of nitrogens with one attached hydrogen (secondary N) is 1. The highest BCUT2D eigenvalue weighted by molar-refractivity contribution is 5.57. The minimum Gasteiger partial charge on any atom is -0.340 e. The number of halogens is 3. The predicted molar refractivity (Wildman–Crippen MR) is 61.5 cm³/mol. The molecule has 2 rings (SSSR count). The van der Waals surface area contributed by atoms with E-state index in [9.17, 15) is 13.2 Å². The number of nitriles is 1. The minimum atomic E-state index is -4.40. The van der Waals surface area contributed by atoms with Gasteiger partial charge in [-0.15, -0.1) is 0 Å². The van der Waals surface area contributed by atoms with Crippen LogP contribution in [0.1, 0.15) is 11.4 Å². The molecule has 0 radical (unpaired) electrons. The summed E-state index contributed by atoms with van der Waals surface area (Å²) in [4.78, 5) is 7.48. The number of alkyl halides is 3. The number of benzene rings is 1. The molecule has 4 nitrogen and oxygen atoms in total. The first kappa shape index (κ1) is 12.8. The van der Waals surface area contributed by atoms with Crippen molar-refractivity contribution in [3.63, 3.8) is 0 Å². The monoisotopic (exact) mass is 264 g/mol. The Morgan fingerprint density at radius 2 is 2.00 bits per heavy atom. The van der Waals surface area contributed by atoms with Crippen LogP contribution in [0, 0.1) is 11.3 Å². The molecular formula is C12H7F3N4. The van der Waals surface area contributed by atoms with Gasteiger partial charge in [-0.25, -0.2) is 9.97 Å². The van der Waals surface area contributed by atoms with Gasteiger partial charge in [-0.05, 0) is 24.3 Å². The summed E-state index contributed by atoms with van der Waals surface area (Å²) in [6.07, 6.45) is -3.05. The number of nitrogens with zero attached hydrogens (tertiary/aromatic N) is 3. The van der Waals surface area contributed by atoms with Crippen LogP contribution >= 0.6 is 0 Å². The largest absolute Gasteiger partial charge is 0.416 e. The lowest BCUT2D eigenvalue weighted by Gasteiger charge is -2.10. The molecular weight excluding hydrogens is 257 g/mol. The van der Waals surface area contributed by atoms with Gasteiger partial charge in [0, 0.05) is 11.9 Å². The third kappa shape index (κ3) is 3.19. The molecule has 0 fully saturated rings. The average Bonchev–Trinajstić information content (AvgIpc) is 2.38. The topological polar surface area (TPSA) is 61.6 Å². The van der Waals surface area contributed by atoms with Crippen molar-refractivity contribution in [2.75, 3.05) is 5.32 Å². The van der Waals surface area contributed by atoms with E-state index in [-0.39, 0.29) is 17.3 Å². The van der Waals surface area contributed by atoms with E-state index < -0.39 is 11.7 Å². The van der Waals surface area contributed by atoms with Gasteiger partial charge in [0.1, 0.15) is 11.9 Å². The van der Waals surface area contributed by atoms with Gasteiger partial charge in [0.05, 0.1) is 5.56 Å². The number of aromatic nitrogens is 2. The molecule has 0 aliphatic heterocycles. The van der Waals surface area contributed by atoms with Gasteiger partial charge < -0.3 is 5.32 Å². The highest BCUT2D eigenvalue weighted by atomic mass is 19.4. The second kappa shape index (κ2) is 4.94. The summed E-state index contributed by atoms with van der Waals surface area (Å²) in [5.74, 6) is 0.197. The quantitative estimate of drug-likeness (QED) is 0.905. The lowest BCUT2D eigenvalue weighted by molar-refractivity contribution is -0.137. The van der Waals surface area contributed by atoms with E-state index in [0.29, 0.717) is 0 Å². The Morgan fingerprint density at radius 3 is 2.68 bits per heavy atom. The third-order valence-corrected chi connectivity index (χ3v) is 2.22. The van der Waals surface area contributed by atoms with Gasteiger partial charge in [0.2, 0.25) is 5.82 Å². The molecule has 0 saturated carbocycles. The van der Waals surface area contributed by atoms with Crippen LogP contribution in [-0.4, -0.2) is 9.97 Å². The molecule has 0 atom stereocenters. The van der Waals surface area contributed by atoms with Crippen molar-refractivity contribution in [1.29, 1.82) is 5.26 Å². The summed E-state index contributed by atoms with van der Waals surface area (Å²) in [7, 11) is 0. The van der Waals surface area contributed by atoms with Gasteiger partial charge in [-0.3, -0.25) is 0 Å². The van der Waals surface area contributed by atoms with E-state index in [1.165, 1.54) is 24.4 Å². The van der Waals surface area contributed by atoms with Crippen LogP contribution in [0.15, 0.2) is 36.5 Å². The fourth-order valence-corrected chi connectivity index (χ4v) is 1.40. The maximum absolute atomic E-state index is 12.5. The van der Waals surface area contributed by atoms with E-state index in [1.54, 1.807) is 6.07 Å². The Balaban J connectivity index is 2.26. The Hall–Kier alpha value is -2.62. The van der Waals surface area contributed by atoms with E-state index in [4.69, 9.17) is 5.26 Å². The molecule has 0 bridgehead atoms. The lowest BCUT2D eigenvalue weighted by Crippen LogP contribution is -2.05. The molecule has 0 spiro atoms. The molecule has 0 saturated heterocycles. The van der Waals surface area contributed by atoms with Crippen molar-refractivity contribution in [2.24, 2.45) is 0 Å². The smallest absolute Gasteiger partial charge is 0.340 e.